The number of aliphatic carboxylic acids is 2. The summed E-state index contributed by atoms with van der Waals surface area (Å²) in [4.78, 5) is 19.8. The summed E-state index contributed by atoms with van der Waals surface area (Å²) in [5, 5.41) is 33.3. The first kappa shape index (κ1) is 9.86. The Hall–Kier alpha value is -1.14. The van der Waals surface area contributed by atoms with E-state index in [1.165, 1.54) is 0 Å². The molecule has 2 atom stereocenters. The van der Waals surface area contributed by atoms with Gasteiger partial charge in [-0.3, -0.25) is 4.79 Å². The maximum absolute atomic E-state index is 9.92. The molecule has 0 aromatic carbocycles. The van der Waals surface area contributed by atoms with E-state index >= 15 is 0 Å². The van der Waals surface area contributed by atoms with Crippen LogP contribution in [0.2, 0.25) is 0 Å². The Balaban J connectivity index is 3.92. The van der Waals surface area contributed by atoms with Crippen molar-refractivity contribution >= 4 is 11.9 Å². The molecule has 0 aliphatic carbocycles. The molecule has 0 rings (SSSR count). The van der Waals surface area contributed by atoms with E-state index in [0.717, 1.165) is 0 Å². The van der Waals surface area contributed by atoms with Gasteiger partial charge in [0, 0.05) is 0 Å². The second kappa shape index (κ2) is 3.89. The molecule has 6 heteroatoms. The van der Waals surface area contributed by atoms with E-state index in [2.05, 4.69) is 0 Å². The van der Waals surface area contributed by atoms with E-state index in [1.807, 2.05) is 0 Å². The van der Waals surface area contributed by atoms with Crippen LogP contribution in [0.25, 0.3) is 0 Å². The van der Waals surface area contributed by atoms with Gasteiger partial charge in [0.2, 0.25) is 0 Å². The second-order valence-corrected chi connectivity index (χ2v) is 1.95. The number of aliphatic hydroxyl groups is 2. The fourth-order valence-electron chi connectivity index (χ4n) is 0.455. The monoisotopic (exact) mass is 164 g/mol. The van der Waals surface area contributed by atoms with Crippen molar-refractivity contribution in [1.29, 1.82) is 0 Å². The number of aliphatic hydroxyl groups excluding tert-OH is 2. The minimum atomic E-state index is -2.04. The average Bonchev–Trinajstić information content (AvgIpc) is 1.84. The molecule has 64 valence electrons. The third-order valence-corrected chi connectivity index (χ3v) is 1.00. The molecule has 0 saturated carbocycles. The summed E-state index contributed by atoms with van der Waals surface area (Å²) in [6, 6.07) is 0. The maximum Gasteiger partial charge on any atom is 0.335 e. The first-order valence-electron chi connectivity index (χ1n) is 2.76. The highest BCUT2D eigenvalue weighted by Gasteiger charge is 2.25. The highest BCUT2D eigenvalue weighted by atomic mass is 16.4. The molecule has 6 nitrogen and oxygen atoms in total. The summed E-state index contributed by atoms with van der Waals surface area (Å²) in [5.74, 6) is -3.00. The molecule has 0 aliphatic rings. The predicted octanol–water partition coefficient (Wildman–Crippen LogP) is -1.73. The van der Waals surface area contributed by atoms with Crippen molar-refractivity contribution in [2.24, 2.45) is 0 Å². The van der Waals surface area contributed by atoms with Crippen LogP contribution in [-0.2, 0) is 9.59 Å². The molecule has 0 aromatic rings. The largest absolute Gasteiger partial charge is 0.481 e. The molecule has 4 N–H and O–H groups in total. The summed E-state index contributed by atoms with van der Waals surface area (Å²) in [6.07, 6.45) is -4.58. The summed E-state index contributed by atoms with van der Waals surface area (Å²) in [6.45, 7) is 0. The lowest BCUT2D eigenvalue weighted by molar-refractivity contribution is -0.155. The van der Waals surface area contributed by atoms with Gasteiger partial charge in [-0.25, -0.2) is 4.79 Å². The Kier molecular flexibility index (Phi) is 3.49. The molecular weight excluding hydrogens is 156 g/mol. The first-order chi connectivity index (χ1) is 4.95. The lowest BCUT2D eigenvalue weighted by atomic mass is 10.1. The highest BCUT2D eigenvalue weighted by Crippen LogP contribution is 1.98. The third kappa shape index (κ3) is 3.54. The summed E-state index contributed by atoms with van der Waals surface area (Å²) in [7, 11) is 0. The quantitative estimate of drug-likeness (QED) is 0.392. The van der Waals surface area contributed by atoms with Crippen LogP contribution >= 0.6 is 0 Å². The Labute approximate surface area is 61.7 Å². The van der Waals surface area contributed by atoms with Crippen molar-refractivity contribution in [3.05, 3.63) is 0 Å². The lowest BCUT2D eigenvalue weighted by Gasteiger charge is -2.10. The van der Waals surface area contributed by atoms with E-state index in [4.69, 9.17) is 20.4 Å². The van der Waals surface area contributed by atoms with Gasteiger partial charge in [-0.05, 0) is 0 Å². The molecule has 11 heavy (non-hydrogen) atoms. The molecule has 0 unspecified atom stereocenters. The minimum absolute atomic E-state index is 0.784. The summed E-state index contributed by atoms with van der Waals surface area (Å²) >= 11 is 0. The predicted molar refractivity (Wildman–Crippen MR) is 31.9 cm³/mol. The number of hydrogen-bond donors (Lipinski definition) is 4. The van der Waals surface area contributed by atoms with Crippen LogP contribution in [0.15, 0.2) is 0 Å². The van der Waals surface area contributed by atoms with E-state index in [1.54, 1.807) is 0 Å². The van der Waals surface area contributed by atoms with Crippen molar-refractivity contribution in [3.8, 4) is 0 Å². The van der Waals surface area contributed by atoms with Gasteiger partial charge in [0.25, 0.3) is 0 Å². The Bertz CT molecular complexity index is 164. The van der Waals surface area contributed by atoms with Crippen molar-refractivity contribution < 1.29 is 30.0 Å². The van der Waals surface area contributed by atoms with E-state index in [0.29, 0.717) is 0 Å². The van der Waals surface area contributed by atoms with E-state index < -0.39 is 30.6 Å². The van der Waals surface area contributed by atoms with Crippen LogP contribution in [0.1, 0.15) is 6.42 Å². The standard InChI is InChI=1S/C5H8O6/c6-2(1-3(7)8)4(9)5(10)11/h2,4,6,9H,1H2,(H,7,8)(H,10,11)/t2-,4-/m1/s1. The zero-order chi connectivity index (χ0) is 9.02. The van der Waals surface area contributed by atoms with Crippen molar-refractivity contribution in [2.45, 2.75) is 18.6 Å². The van der Waals surface area contributed by atoms with Crippen molar-refractivity contribution in [3.63, 3.8) is 0 Å². The zero-order valence-electron chi connectivity index (χ0n) is 5.47. The van der Waals surface area contributed by atoms with Gasteiger partial charge in [0.1, 0.15) is 6.10 Å². The number of carbonyl (C=O) groups is 2. The Morgan fingerprint density at radius 2 is 1.64 bits per heavy atom. The molecule has 0 fully saturated rings. The zero-order valence-corrected chi connectivity index (χ0v) is 5.47. The van der Waals surface area contributed by atoms with Crippen LogP contribution in [0.3, 0.4) is 0 Å². The molecule has 0 aromatic heterocycles. The van der Waals surface area contributed by atoms with Crippen molar-refractivity contribution in [2.75, 3.05) is 0 Å². The topological polar surface area (TPSA) is 115 Å². The molecule has 0 aliphatic heterocycles. The van der Waals surface area contributed by atoms with Gasteiger partial charge in [-0.1, -0.05) is 0 Å². The van der Waals surface area contributed by atoms with Gasteiger partial charge in [0.05, 0.1) is 6.42 Å². The van der Waals surface area contributed by atoms with Gasteiger partial charge < -0.3 is 20.4 Å². The fraction of sp³-hybridized carbons (Fsp3) is 0.600. The molecule has 0 spiro atoms. The third-order valence-electron chi connectivity index (χ3n) is 1.00. The van der Waals surface area contributed by atoms with Crippen molar-refractivity contribution in [1.82, 2.24) is 0 Å². The first-order valence-corrected chi connectivity index (χ1v) is 2.76. The molecule has 0 amide bonds. The van der Waals surface area contributed by atoms with E-state index in [-0.39, 0.29) is 0 Å². The molecule has 0 bridgehead atoms. The molecular formula is C5H8O6. The van der Waals surface area contributed by atoms with Crippen LogP contribution in [0, 0.1) is 0 Å². The molecule has 0 saturated heterocycles. The number of hydrogen-bond acceptors (Lipinski definition) is 4. The molecule has 0 heterocycles. The smallest absolute Gasteiger partial charge is 0.335 e. The SMILES string of the molecule is O=C(O)C[C@@H](O)[C@@H](O)C(=O)O. The highest BCUT2D eigenvalue weighted by molar-refractivity contribution is 5.75. The lowest BCUT2D eigenvalue weighted by Crippen LogP contribution is -2.35. The summed E-state index contributed by atoms with van der Waals surface area (Å²) in [5.41, 5.74) is 0. The Morgan fingerprint density at radius 3 is 1.91 bits per heavy atom. The van der Waals surface area contributed by atoms with Crippen LogP contribution in [0.4, 0.5) is 0 Å². The minimum Gasteiger partial charge on any atom is -0.481 e. The normalized spacial score (nSPS) is 15.5. The van der Waals surface area contributed by atoms with Gasteiger partial charge in [-0.2, -0.15) is 0 Å². The average molecular weight is 164 g/mol. The number of carboxylic acids is 2. The fourth-order valence-corrected chi connectivity index (χ4v) is 0.455. The van der Waals surface area contributed by atoms with Crippen LogP contribution in [0.5, 0.6) is 0 Å². The van der Waals surface area contributed by atoms with Gasteiger partial charge in [-0.15, -0.1) is 0 Å². The maximum atomic E-state index is 9.92. The van der Waals surface area contributed by atoms with Crippen LogP contribution < -0.4 is 0 Å². The number of carboxylic acid groups (broad SMARTS) is 2. The van der Waals surface area contributed by atoms with Gasteiger partial charge >= 0.3 is 11.9 Å². The Morgan fingerprint density at radius 1 is 1.18 bits per heavy atom. The summed E-state index contributed by atoms with van der Waals surface area (Å²) < 4.78 is 0. The second-order valence-electron chi connectivity index (χ2n) is 1.95. The number of rotatable bonds is 4. The van der Waals surface area contributed by atoms with Gasteiger partial charge in [0.15, 0.2) is 6.10 Å². The van der Waals surface area contributed by atoms with Crippen LogP contribution in [-0.4, -0.2) is 44.6 Å². The van der Waals surface area contributed by atoms with E-state index in [9.17, 15) is 9.59 Å². The molecule has 0 radical (unpaired) electrons.